The van der Waals surface area contributed by atoms with Gasteiger partial charge in [-0.25, -0.2) is 0 Å². The van der Waals surface area contributed by atoms with Gasteiger partial charge in [-0.05, 0) is 6.92 Å². The minimum atomic E-state index is -1.08. The Morgan fingerprint density at radius 3 is 1.11 bits per heavy atom. The van der Waals surface area contributed by atoms with Crippen molar-refractivity contribution in [2.24, 2.45) is 0 Å². The molecular weight excluding hydrogens is 307 g/mol. The SMILES string of the molecule is CC(=O)[O-].[NH2-].[NH2-].[NH2-].[NH2-].[Pt+4]. The van der Waals surface area contributed by atoms with E-state index >= 15 is 0 Å². The molecule has 7 heteroatoms. The van der Waals surface area contributed by atoms with Gasteiger partial charge in [-0.3, -0.25) is 0 Å². The monoisotopic (exact) mass is 318 g/mol. The summed E-state index contributed by atoms with van der Waals surface area (Å²) in [5.74, 6) is -1.08. The Bertz CT molecular complexity index is 39.5. The normalized spacial score (nSPS) is 2.78. The van der Waals surface area contributed by atoms with E-state index in [0.29, 0.717) is 0 Å². The van der Waals surface area contributed by atoms with Crippen molar-refractivity contribution in [2.45, 2.75) is 6.92 Å². The molecule has 0 saturated heterocycles. The second-order valence-corrected chi connectivity index (χ2v) is 0.492. The second kappa shape index (κ2) is 43.6. The van der Waals surface area contributed by atoms with Crippen molar-refractivity contribution in [1.82, 2.24) is 0 Å². The van der Waals surface area contributed by atoms with E-state index in [1.807, 2.05) is 0 Å². The van der Waals surface area contributed by atoms with E-state index in [2.05, 4.69) is 0 Å². The van der Waals surface area contributed by atoms with Gasteiger partial charge in [0.1, 0.15) is 0 Å². The first kappa shape index (κ1) is 64.0. The van der Waals surface area contributed by atoms with Crippen LogP contribution in [0.15, 0.2) is 0 Å². The van der Waals surface area contributed by atoms with Crippen molar-refractivity contribution in [2.75, 3.05) is 0 Å². The number of carbonyl (C=O) groups excluding carboxylic acids is 1. The van der Waals surface area contributed by atoms with Crippen molar-refractivity contribution in [3.63, 3.8) is 0 Å². The molecule has 0 aromatic heterocycles. The van der Waals surface area contributed by atoms with Crippen molar-refractivity contribution >= 4 is 5.97 Å². The minimum Gasteiger partial charge on any atom is -0.693 e. The molecule has 0 aromatic rings. The molecule has 0 aromatic carbocycles. The van der Waals surface area contributed by atoms with E-state index in [4.69, 9.17) is 9.90 Å². The topological polar surface area (TPSA) is 174 Å². The van der Waals surface area contributed by atoms with E-state index < -0.39 is 5.97 Å². The Hall–Kier alpha value is -0.00169. The maximum Gasteiger partial charge on any atom is 4.00 e. The van der Waals surface area contributed by atoms with Crippen LogP contribution in [-0.4, -0.2) is 5.97 Å². The first-order chi connectivity index (χ1) is 1.73. The number of rotatable bonds is 0. The number of carbonyl (C=O) groups is 1. The fraction of sp³-hybridized carbons (Fsp3) is 0.500. The smallest absolute Gasteiger partial charge is 0.693 e. The van der Waals surface area contributed by atoms with Crippen LogP contribution in [0.5, 0.6) is 0 Å². The second-order valence-electron chi connectivity index (χ2n) is 0.492. The van der Waals surface area contributed by atoms with Crippen molar-refractivity contribution in [3.05, 3.63) is 24.6 Å². The van der Waals surface area contributed by atoms with Crippen LogP contribution in [0, 0.1) is 0 Å². The van der Waals surface area contributed by atoms with E-state index in [0.717, 1.165) is 6.92 Å². The summed E-state index contributed by atoms with van der Waals surface area (Å²) in [6.45, 7) is 0.972. The zero-order valence-corrected chi connectivity index (χ0v) is 7.21. The average Bonchev–Trinajstić information content (AvgIpc) is 0.811. The van der Waals surface area contributed by atoms with Crippen LogP contribution >= 0.6 is 0 Å². The van der Waals surface area contributed by atoms with Crippen molar-refractivity contribution in [1.29, 1.82) is 0 Å². The maximum atomic E-state index is 8.89. The van der Waals surface area contributed by atoms with Crippen LogP contribution in [0.3, 0.4) is 0 Å². The Kier molecular flexibility index (Phi) is 310. The molecule has 8 N–H and O–H groups in total. The number of aliphatic carboxylic acids is 1. The van der Waals surface area contributed by atoms with Gasteiger partial charge in [0.05, 0.1) is 0 Å². The third-order valence-corrected chi connectivity index (χ3v) is 0. The number of carboxylic acid groups (broad SMARTS) is 1. The Morgan fingerprint density at radius 1 is 1.11 bits per heavy atom. The molecule has 0 unspecified atom stereocenters. The largest absolute Gasteiger partial charge is 4.00 e. The summed E-state index contributed by atoms with van der Waals surface area (Å²) < 4.78 is 0. The third kappa shape index (κ3) is 101000000. The van der Waals surface area contributed by atoms with E-state index in [1.54, 1.807) is 0 Å². The van der Waals surface area contributed by atoms with Gasteiger partial charge in [0.15, 0.2) is 0 Å². The van der Waals surface area contributed by atoms with E-state index in [-0.39, 0.29) is 45.7 Å². The zero-order chi connectivity index (χ0) is 3.58. The Morgan fingerprint density at radius 2 is 1.11 bits per heavy atom. The molecule has 62 valence electrons. The molecule has 0 atom stereocenters. The molecule has 0 fully saturated rings. The van der Waals surface area contributed by atoms with Crippen LogP contribution in [0.1, 0.15) is 6.92 Å². The fourth-order valence-corrected chi connectivity index (χ4v) is 0. The Labute approximate surface area is 69.0 Å². The summed E-state index contributed by atoms with van der Waals surface area (Å²) in [6.07, 6.45) is 0. The summed E-state index contributed by atoms with van der Waals surface area (Å²) in [5.41, 5.74) is 0. The molecule has 0 aliphatic carbocycles. The molecule has 0 aliphatic rings. The van der Waals surface area contributed by atoms with Crippen molar-refractivity contribution in [3.8, 4) is 0 Å². The van der Waals surface area contributed by atoms with E-state index in [1.165, 1.54) is 0 Å². The summed E-state index contributed by atoms with van der Waals surface area (Å²) in [4.78, 5) is 8.89. The summed E-state index contributed by atoms with van der Waals surface area (Å²) in [5, 5.41) is 8.89. The van der Waals surface area contributed by atoms with Crippen LogP contribution in [0.25, 0.3) is 24.6 Å². The molecule has 0 aliphatic heterocycles. The van der Waals surface area contributed by atoms with Crippen molar-refractivity contribution < 1.29 is 31.0 Å². The van der Waals surface area contributed by atoms with E-state index in [9.17, 15) is 0 Å². The summed E-state index contributed by atoms with van der Waals surface area (Å²) >= 11 is 0. The van der Waals surface area contributed by atoms with Crippen LogP contribution in [-0.2, 0) is 25.9 Å². The average molecular weight is 318 g/mol. The quantitative estimate of drug-likeness (QED) is 0.660. The molecule has 0 bridgehead atoms. The standard InChI is InChI=1S/C2H4O2.4H2N.Pt/c1-2(3)4;;;;;/h1H3,(H,3,4);4*1H2;/q;4*-1;+4/p-1. The third-order valence-electron chi connectivity index (χ3n) is 0. The molecule has 0 spiro atoms. The molecule has 9 heavy (non-hydrogen) atoms. The molecule has 0 heterocycles. The van der Waals surface area contributed by atoms with Gasteiger partial charge in [-0.15, -0.1) is 0 Å². The fourth-order valence-electron chi connectivity index (χ4n) is 0. The van der Waals surface area contributed by atoms with Crippen LogP contribution in [0.4, 0.5) is 0 Å². The first-order valence-electron chi connectivity index (χ1n) is 0.908. The summed E-state index contributed by atoms with van der Waals surface area (Å²) in [6, 6.07) is 0. The van der Waals surface area contributed by atoms with Gasteiger partial charge >= 0.3 is 21.1 Å². The van der Waals surface area contributed by atoms with Crippen LogP contribution < -0.4 is 5.11 Å². The zero-order valence-electron chi connectivity index (χ0n) is 4.94. The number of nitrogens with two attached hydrogens (primary N) is 4. The Balaban J connectivity index is -0.00000000450. The van der Waals surface area contributed by atoms with Gasteiger partial charge in [0.2, 0.25) is 0 Å². The molecular formula is C2H11N4O2Pt-. The number of hydrogen-bond acceptors (Lipinski definition) is 2. The molecule has 0 radical (unpaired) electrons. The van der Waals surface area contributed by atoms with Gasteiger partial charge in [0.25, 0.3) is 0 Å². The van der Waals surface area contributed by atoms with Gasteiger partial charge < -0.3 is 34.5 Å². The predicted octanol–water partition coefficient (Wildman–Crippen LogP) is 1.62. The molecule has 0 saturated carbocycles. The van der Waals surface area contributed by atoms with Gasteiger partial charge in [0, 0.05) is 5.97 Å². The van der Waals surface area contributed by atoms with Crippen LogP contribution in [0.2, 0.25) is 0 Å². The minimum absolute atomic E-state index is 0. The number of hydrogen-bond donors (Lipinski definition) is 0. The molecule has 0 amide bonds. The van der Waals surface area contributed by atoms with Gasteiger partial charge in [-0.1, -0.05) is 0 Å². The predicted molar refractivity (Wildman–Crippen MR) is 31.8 cm³/mol. The number of carboxylic acids is 1. The molecule has 0 rings (SSSR count). The molecule has 6 nitrogen and oxygen atoms in total. The summed E-state index contributed by atoms with van der Waals surface area (Å²) in [7, 11) is 0. The first-order valence-corrected chi connectivity index (χ1v) is 0.908. The van der Waals surface area contributed by atoms with Gasteiger partial charge in [-0.2, -0.15) is 0 Å². The maximum absolute atomic E-state index is 8.89.